The van der Waals surface area contributed by atoms with Gasteiger partial charge in [0.05, 0.1) is 11.7 Å². The summed E-state index contributed by atoms with van der Waals surface area (Å²) in [5, 5.41) is 7.25. The molecule has 0 aliphatic heterocycles. The van der Waals surface area contributed by atoms with Crippen LogP contribution in [0.15, 0.2) is 5.38 Å². The van der Waals surface area contributed by atoms with Crippen molar-refractivity contribution in [2.45, 2.75) is 65.0 Å². The van der Waals surface area contributed by atoms with E-state index in [1.807, 2.05) is 11.3 Å². The van der Waals surface area contributed by atoms with Crippen LogP contribution in [0.4, 0.5) is 0 Å². The first-order chi connectivity index (χ1) is 8.06. The van der Waals surface area contributed by atoms with Gasteiger partial charge >= 0.3 is 0 Å². The molecular formula is C14H24N2S. The maximum atomic E-state index is 4.80. The van der Waals surface area contributed by atoms with Crippen LogP contribution in [0.25, 0.3) is 0 Å². The highest BCUT2D eigenvalue weighted by Gasteiger charge is 2.27. The summed E-state index contributed by atoms with van der Waals surface area (Å²) < 4.78 is 0. The number of rotatable bonds is 6. The van der Waals surface area contributed by atoms with E-state index in [1.165, 1.54) is 30.0 Å². The fourth-order valence-corrected chi connectivity index (χ4v) is 3.03. The highest BCUT2D eigenvalue weighted by Crippen LogP contribution is 2.31. The lowest BCUT2D eigenvalue weighted by Crippen LogP contribution is -2.24. The largest absolute Gasteiger partial charge is 0.305 e. The van der Waals surface area contributed by atoms with Gasteiger partial charge in [-0.2, -0.15) is 0 Å². The average molecular weight is 252 g/mol. The second-order valence-corrected chi connectivity index (χ2v) is 6.78. The minimum atomic E-state index is 0.472. The highest BCUT2D eigenvalue weighted by molar-refractivity contribution is 7.09. The number of aromatic nitrogens is 1. The quantitative estimate of drug-likeness (QED) is 0.824. The predicted octanol–water partition coefficient (Wildman–Crippen LogP) is 4.11. The van der Waals surface area contributed by atoms with Gasteiger partial charge in [0.25, 0.3) is 0 Å². The van der Waals surface area contributed by atoms with E-state index in [0.717, 1.165) is 12.0 Å². The number of nitrogens with one attached hydrogen (secondary N) is 1. The molecule has 1 aromatic rings. The van der Waals surface area contributed by atoms with Crippen LogP contribution in [0.5, 0.6) is 0 Å². The lowest BCUT2D eigenvalue weighted by atomic mass is 10.0. The molecule has 1 N–H and O–H groups in total. The summed E-state index contributed by atoms with van der Waals surface area (Å²) >= 11 is 1.82. The number of thiazole rings is 1. The van der Waals surface area contributed by atoms with Crippen LogP contribution in [0.1, 0.15) is 69.6 Å². The molecule has 1 atom stereocenters. The first-order valence-corrected chi connectivity index (χ1v) is 7.65. The molecule has 1 aliphatic rings. The minimum absolute atomic E-state index is 0.472. The van der Waals surface area contributed by atoms with Crippen molar-refractivity contribution < 1.29 is 0 Å². The van der Waals surface area contributed by atoms with Gasteiger partial charge in [-0.25, -0.2) is 4.98 Å². The molecule has 1 aliphatic carbocycles. The fraction of sp³-hybridized carbons (Fsp3) is 0.786. The van der Waals surface area contributed by atoms with Gasteiger partial charge in [0.15, 0.2) is 0 Å². The molecule has 1 heterocycles. The summed E-state index contributed by atoms with van der Waals surface area (Å²) in [4.78, 5) is 4.80. The van der Waals surface area contributed by atoms with E-state index in [0.29, 0.717) is 12.0 Å². The predicted molar refractivity (Wildman–Crippen MR) is 74.6 cm³/mol. The van der Waals surface area contributed by atoms with E-state index in [4.69, 9.17) is 4.98 Å². The molecule has 0 radical (unpaired) electrons. The second kappa shape index (κ2) is 5.49. The molecule has 1 fully saturated rings. The Morgan fingerprint density at radius 1 is 1.35 bits per heavy atom. The van der Waals surface area contributed by atoms with Crippen molar-refractivity contribution in [2.75, 3.05) is 0 Å². The normalized spacial score (nSPS) is 18.0. The standard InChI is InChI=1S/C14H24N2S/c1-9(2)7-12(15-11-5-6-11)14-16-13(8-17-14)10(3)4/h8-12,15H,5-7H2,1-4H3. The van der Waals surface area contributed by atoms with E-state index >= 15 is 0 Å². The summed E-state index contributed by atoms with van der Waals surface area (Å²) in [7, 11) is 0. The van der Waals surface area contributed by atoms with Gasteiger partial charge in [-0.05, 0) is 31.1 Å². The molecule has 1 saturated carbocycles. The number of hydrogen-bond acceptors (Lipinski definition) is 3. The van der Waals surface area contributed by atoms with E-state index in [1.54, 1.807) is 0 Å². The molecule has 96 valence electrons. The van der Waals surface area contributed by atoms with Crippen LogP contribution >= 0.6 is 11.3 Å². The highest BCUT2D eigenvalue weighted by atomic mass is 32.1. The van der Waals surface area contributed by atoms with Gasteiger partial charge in [0, 0.05) is 11.4 Å². The van der Waals surface area contributed by atoms with Gasteiger partial charge in [-0.3, -0.25) is 0 Å². The fourth-order valence-electron chi connectivity index (χ4n) is 1.97. The Morgan fingerprint density at radius 3 is 2.53 bits per heavy atom. The van der Waals surface area contributed by atoms with Crippen molar-refractivity contribution in [2.24, 2.45) is 5.92 Å². The molecular weight excluding hydrogens is 228 g/mol. The van der Waals surface area contributed by atoms with Gasteiger partial charge in [0.1, 0.15) is 5.01 Å². The third-order valence-electron chi connectivity index (χ3n) is 3.15. The molecule has 2 rings (SSSR count). The molecule has 17 heavy (non-hydrogen) atoms. The van der Waals surface area contributed by atoms with Crippen molar-refractivity contribution in [3.63, 3.8) is 0 Å². The van der Waals surface area contributed by atoms with Gasteiger partial charge in [-0.1, -0.05) is 27.7 Å². The summed E-state index contributed by atoms with van der Waals surface area (Å²) in [6, 6.07) is 1.23. The van der Waals surface area contributed by atoms with E-state index in [9.17, 15) is 0 Å². The molecule has 0 saturated heterocycles. The van der Waals surface area contributed by atoms with Crippen LogP contribution < -0.4 is 5.32 Å². The van der Waals surface area contributed by atoms with E-state index < -0.39 is 0 Å². The van der Waals surface area contributed by atoms with Crippen LogP contribution in [0.2, 0.25) is 0 Å². The van der Waals surface area contributed by atoms with Gasteiger partial charge in [0.2, 0.25) is 0 Å². The first-order valence-electron chi connectivity index (χ1n) is 6.77. The molecule has 3 heteroatoms. The van der Waals surface area contributed by atoms with Gasteiger partial charge < -0.3 is 5.32 Å². The Balaban J connectivity index is 2.06. The summed E-state index contributed by atoms with van der Waals surface area (Å²) in [5.41, 5.74) is 1.25. The van der Waals surface area contributed by atoms with Crippen LogP contribution in [-0.4, -0.2) is 11.0 Å². The monoisotopic (exact) mass is 252 g/mol. The topological polar surface area (TPSA) is 24.9 Å². The number of nitrogens with zero attached hydrogens (tertiary/aromatic N) is 1. The Morgan fingerprint density at radius 2 is 2.06 bits per heavy atom. The van der Waals surface area contributed by atoms with Crippen molar-refractivity contribution in [3.05, 3.63) is 16.1 Å². The third kappa shape index (κ3) is 3.78. The Hall–Kier alpha value is -0.410. The lowest BCUT2D eigenvalue weighted by molar-refractivity contribution is 0.425. The lowest BCUT2D eigenvalue weighted by Gasteiger charge is -2.18. The molecule has 1 unspecified atom stereocenters. The van der Waals surface area contributed by atoms with Crippen molar-refractivity contribution in [1.29, 1.82) is 0 Å². The van der Waals surface area contributed by atoms with Crippen molar-refractivity contribution in [3.8, 4) is 0 Å². The van der Waals surface area contributed by atoms with Crippen LogP contribution in [0, 0.1) is 5.92 Å². The zero-order chi connectivity index (χ0) is 12.4. The molecule has 0 spiro atoms. The van der Waals surface area contributed by atoms with Crippen LogP contribution in [0.3, 0.4) is 0 Å². The first kappa shape index (κ1) is 13.0. The third-order valence-corrected chi connectivity index (χ3v) is 4.13. The SMILES string of the molecule is CC(C)CC(NC1CC1)c1nc(C(C)C)cs1. The molecule has 0 bridgehead atoms. The summed E-state index contributed by atoms with van der Waals surface area (Å²) in [5.74, 6) is 1.26. The Kier molecular flexibility index (Phi) is 4.21. The molecule has 0 aromatic carbocycles. The summed E-state index contributed by atoms with van der Waals surface area (Å²) in [6.07, 6.45) is 3.88. The zero-order valence-electron chi connectivity index (χ0n) is 11.4. The average Bonchev–Trinajstić information content (AvgIpc) is 2.92. The summed E-state index contributed by atoms with van der Waals surface area (Å²) in [6.45, 7) is 9.01. The number of hydrogen-bond donors (Lipinski definition) is 1. The smallest absolute Gasteiger partial charge is 0.110 e. The Labute approximate surface area is 109 Å². The van der Waals surface area contributed by atoms with Crippen LogP contribution in [-0.2, 0) is 0 Å². The second-order valence-electron chi connectivity index (χ2n) is 5.89. The van der Waals surface area contributed by atoms with Crippen molar-refractivity contribution >= 4 is 11.3 Å². The van der Waals surface area contributed by atoms with Gasteiger partial charge in [-0.15, -0.1) is 11.3 Å². The zero-order valence-corrected chi connectivity index (χ0v) is 12.2. The van der Waals surface area contributed by atoms with E-state index in [-0.39, 0.29) is 0 Å². The maximum Gasteiger partial charge on any atom is 0.110 e. The maximum absolute atomic E-state index is 4.80. The molecule has 2 nitrogen and oxygen atoms in total. The van der Waals surface area contributed by atoms with E-state index in [2.05, 4.69) is 38.4 Å². The minimum Gasteiger partial charge on any atom is -0.305 e. The van der Waals surface area contributed by atoms with Crippen molar-refractivity contribution in [1.82, 2.24) is 10.3 Å². The molecule has 0 amide bonds. The Bertz CT molecular complexity index is 349. The molecule has 1 aromatic heterocycles.